The zero-order chi connectivity index (χ0) is 33.3. The summed E-state index contributed by atoms with van der Waals surface area (Å²) in [5.74, 6) is 0. The SMILES string of the molecule is CCC1(CC)c2cc(N(c3ccc4c(c3)C(C)(C)c3ccccc3-4)c3ccccc3-c3ccccc3)ccc2-c2cc3ccccc3cc21. The van der Waals surface area contributed by atoms with Gasteiger partial charge in [-0.05, 0) is 116 Å². The Morgan fingerprint density at radius 3 is 1.67 bits per heavy atom. The van der Waals surface area contributed by atoms with E-state index in [1.807, 2.05) is 0 Å². The Hall–Kier alpha value is -5.40. The van der Waals surface area contributed by atoms with Gasteiger partial charge in [-0.25, -0.2) is 0 Å². The van der Waals surface area contributed by atoms with Crippen molar-refractivity contribution in [2.45, 2.75) is 51.4 Å². The van der Waals surface area contributed by atoms with Gasteiger partial charge in [0.25, 0.3) is 0 Å². The van der Waals surface area contributed by atoms with E-state index in [0.29, 0.717) is 0 Å². The summed E-state index contributed by atoms with van der Waals surface area (Å²) in [5.41, 5.74) is 17.0. The first-order valence-corrected chi connectivity index (χ1v) is 17.8. The van der Waals surface area contributed by atoms with Crippen LogP contribution in [0.15, 0.2) is 152 Å². The van der Waals surface area contributed by atoms with Crippen LogP contribution in [-0.2, 0) is 10.8 Å². The van der Waals surface area contributed by atoms with Crippen LogP contribution in [0.1, 0.15) is 62.8 Å². The molecule has 7 aromatic carbocycles. The minimum Gasteiger partial charge on any atom is -0.310 e. The second-order valence-electron chi connectivity index (χ2n) is 14.4. The van der Waals surface area contributed by atoms with E-state index >= 15 is 0 Å². The summed E-state index contributed by atoms with van der Waals surface area (Å²) in [6.07, 6.45) is 2.11. The quantitative estimate of drug-likeness (QED) is 0.176. The molecule has 0 atom stereocenters. The monoisotopic (exact) mass is 631 g/mol. The molecule has 238 valence electrons. The van der Waals surface area contributed by atoms with E-state index < -0.39 is 0 Å². The number of benzene rings is 7. The number of anilines is 3. The highest BCUT2D eigenvalue weighted by atomic mass is 15.1. The van der Waals surface area contributed by atoms with E-state index in [2.05, 4.69) is 184 Å². The Kier molecular flexibility index (Phi) is 6.71. The maximum Gasteiger partial charge on any atom is 0.0540 e. The van der Waals surface area contributed by atoms with Gasteiger partial charge in [0.2, 0.25) is 0 Å². The molecule has 0 saturated heterocycles. The lowest BCUT2D eigenvalue weighted by Gasteiger charge is -2.33. The minimum atomic E-state index is -0.0896. The van der Waals surface area contributed by atoms with E-state index in [9.17, 15) is 0 Å². The van der Waals surface area contributed by atoms with Crippen LogP contribution in [0.2, 0.25) is 0 Å². The highest BCUT2D eigenvalue weighted by Crippen LogP contribution is 2.56. The molecule has 0 spiro atoms. The van der Waals surface area contributed by atoms with E-state index in [0.717, 1.165) is 12.8 Å². The van der Waals surface area contributed by atoms with Crippen LogP contribution in [0.5, 0.6) is 0 Å². The van der Waals surface area contributed by atoms with E-state index in [1.165, 1.54) is 83.5 Å². The molecule has 0 aromatic heterocycles. The molecular weight excluding hydrogens is 591 g/mol. The summed E-state index contributed by atoms with van der Waals surface area (Å²) < 4.78 is 0. The van der Waals surface area contributed by atoms with Crippen LogP contribution in [0.25, 0.3) is 44.2 Å². The fraction of sp³-hybridized carbons (Fsp3) is 0.167. The maximum atomic E-state index is 2.52. The van der Waals surface area contributed by atoms with Gasteiger partial charge in [-0.3, -0.25) is 0 Å². The van der Waals surface area contributed by atoms with Gasteiger partial charge in [0.15, 0.2) is 0 Å². The van der Waals surface area contributed by atoms with Crippen LogP contribution in [-0.4, -0.2) is 0 Å². The summed E-state index contributed by atoms with van der Waals surface area (Å²) in [4.78, 5) is 2.51. The van der Waals surface area contributed by atoms with Crippen LogP contribution < -0.4 is 4.90 Å². The fourth-order valence-electron chi connectivity index (χ4n) is 9.11. The van der Waals surface area contributed by atoms with Crippen molar-refractivity contribution in [2.24, 2.45) is 0 Å². The van der Waals surface area contributed by atoms with Crippen molar-refractivity contribution in [3.8, 4) is 33.4 Å². The number of rotatable bonds is 6. The molecule has 7 aromatic rings. The van der Waals surface area contributed by atoms with Crippen LogP contribution in [0.4, 0.5) is 17.1 Å². The Morgan fingerprint density at radius 1 is 0.429 bits per heavy atom. The van der Waals surface area contributed by atoms with E-state index in [-0.39, 0.29) is 10.8 Å². The van der Waals surface area contributed by atoms with Gasteiger partial charge in [0.05, 0.1) is 5.69 Å². The van der Waals surface area contributed by atoms with Crippen LogP contribution >= 0.6 is 0 Å². The lowest BCUT2D eigenvalue weighted by atomic mass is 9.73. The number of nitrogens with zero attached hydrogens (tertiary/aromatic N) is 1. The van der Waals surface area contributed by atoms with Crippen molar-refractivity contribution >= 4 is 27.8 Å². The van der Waals surface area contributed by atoms with Gasteiger partial charge < -0.3 is 4.90 Å². The first-order chi connectivity index (χ1) is 23.9. The molecule has 0 bridgehead atoms. The summed E-state index contributed by atoms with van der Waals surface area (Å²) in [6.45, 7) is 9.48. The molecular formula is C48H41N. The second kappa shape index (κ2) is 11.1. The molecule has 0 fully saturated rings. The molecule has 0 aliphatic heterocycles. The third kappa shape index (κ3) is 4.31. The third-order valence-electron chi connectivity index (χ3n) is 11.7. The Morgan fingerprint density at radius 2 is 0.959 bits per heavy atom. The molecule has 0 saturated carbocycles. The van der Waals surface area contributed by atoms with Crippen LogP contribution in [0, 0.1) is 0 Å². The smallest absolute Gasteiger partial charge is 0.0540 e. The number of hydrogen-bond acceptors (Lipinski definition) is 1. The molecule has 1 heteroatoms. The van der Waals surface area contributed by atoms with Gasteiger partial charge in [0.1, 0.15) is 0 Å². The Bertz CT molecular complexity index is 2390. The molecule has 0 unspecified atom stereocenters. The Balaban J connectivity index is 1.29. The summed E-state index contributed by atoms with van der Waals surface area (Å²) in [5, 5.41) is 2.63. The molecule has 2 aliphatic carbocycles. The van der Waals surface area contributed by atoms with E-state index in [4.69, 9.17) is 0 Å². The summed E-state index contributed by atoms with van der Waals surface area (Å²) in [6, 6.07) is 56.8. The van der Waals surface area contributed by atoms with E-state index in [1.54, 1.807) is 0 Å². The standard InChI is InChI=1S/C48H41N/c1-5-48(6-2)44-29-34-19-11-10-18-33(34)28-41(44)40-27-25-36(31-45(40)48)49(46-23-15-13-20-37(46)32-16-8-7-9-17-32)35-24-26-39-38-21-12-14-22-42(38)47(3,4)43(39)30-35/h7-31H,5-6H2,1-4H3. The topological polar surface area (TPSA) is 3.24 Å². The van der Waals surface area contributed by atoms with Crippen molar-refractivity contribution in [3.63, 3.8) is 0 Å². The normalized spacial score (nSPS) is 14.6. The van der Waals surface area contributed by atoms with Crippen molar-refractivity contribution in [1.82, 2.24) is 0 Å². The predicted molar refractivity (Wildman–Crippen MR) is 208 cm³/mol. The first-order valence-electron chi connectivity index (χ1n) is 17.8. The predicted octanol–water partition coefficient (Wildman–Crippen LogP) is 13.4. The zero-order valence-electron chi connectivity index (χ0n) is 28.8. The Labute approximate surface area is 290 Å². The molecule has 0 amide bonds. The van der Waals surface area contributed by atoms with Crippen molar-refractivity contribution in [2.75, 3.05) is 4.90 Å². The molecule has 0 heterocycles. The number of fused-ring (bicyclic) bond motifs is 7. The largest absolute Gasteiger partial charge is 0.310 e. The second-order valence-corrected chi connectivity index (χ2v) is 14.4. The maximum absolute atomic E-state index is 2.52. The first kappa shape index (κ1) is 29.7. The molecule has 9 rings (SSSR count). The minimum absolute atomic E-state index is 0.0447. The average molecular weight is 632 g/mol. The summed E-state index contributed by atoms with van der Waals surface area (Å²) >= 11 is 0. The molecule has 0 N–H and O–H groups in total. The van der Waals surface area contributed by atoms with Gasteiger partial charge >= 0.3 is 0 Å². The summed E-state index contributed by atoms with van der Waals surface area (Å²) in [7, 11) is 0. The lowest BCUT2D eigenvalue weighted by Crippen LogP contribution is -2.23. The van der Waals surface area contributed by atoms with Crippen LogP contribution in [0.3, 0.4) is 0 Å². The zero-order valence-corrected chi connectivity index (χ0v) is 28.8. The van der Waals surface area contributed by atoms with Gasteiger partial charge in [-0.1, -0.05) is 137 Å². The van der Waals surface area contributed by atoms with Gasteiger partial charge in [-0.15, -0.1) is 0 Å². The number of hydrogen-bond donors (Lipinski definition) is 0. The molecule has 0 radical (unpaired) electrons. The lowest BCUT2D eigenvalue weighted by molar-refractivity contribution is 0.491. The number of para-hydroxylation sites is 1. The van der Waals surface area contributed by atoms with Crippen molar-refractivity contribution < 1.29 is 0 Å². The molecule has 1 nitrogen and oxygen atoms in total. The van der Waals surface area contributed by atoms with Gasteiger partial charge in [0, 0.05) is 27.8 Å². The molecule has 2 aliphatic rings. The average Bonchev–Trinajstić information content (AvgIpc) is 3.55. The third-order valence-corrected chi connectivity index (χ3v) is 11.7. The highest BCUT2D eigenvalue weighted by Gasteiger charge is 2.41. The van der Waals surface area contributed by atoms with Gasteiger partial charge in [-0.2, -0.15) is 0 Å². The fourth-order valence-corrected chi connectivity index (χ4v) is 9.11. The van der Waals surface area contributed by atoms with Crippen molar-refractivity contribution in [3.05, 3.63) is 174 Å². The van der Waals surface area contributed by atoms with Crippen molar-refractivity contribution in [1.29, 1.82) is 0 Å². The highest BCUT2D eigenvalue weighted by molar-refractivity contribution is 5.96. The molecule has 49 heavy (non-hydrogen) atoms.